The van der Waals surface area contributed by atoms with Crippen molar-refractivity contribution < 1.29 is 4.39 Å². The van der Waals surface area contributed by atoms with Gasteiger partial charge in [0.25, 0.3) is 0 Å². The molecule has 0 aromatic rings. The Morgan fingerprint density at radius 1 is 1.83 bits per heavy atom. The third kappa shape index (κ3) is 0.411. The second-order valence-electron chi connectivity index (χ2n) is 1.70. The van der Waals surface area contributed by atoms with Crippen molar-refractivity contribution in [3.05, 3.63) is 0 Å². The van der Waals surface area contributed by atoms with Gasteiger partial charge in [0.15, 0.2) is 6.30 Å². The van der Waals surface area contributed by atoms with Gasteiger partial charge in [0.05, 0.1) is 0 Å². The van der Waals surface area contributed by atoms with Crippen LogP contribution in [0, 0.1) is 0 Å². The van der Waals surface area contributed by atoms with E-state index in [1.807, 2.05) is 0 Å². The van der Waals surface area contributed by atoms with Gasteiger partial charge in [-0.15, -0.1) is 0 Å². The van der Waals surface area contributed by atoms with Gasteiger partial charge < -0.3 is 0 Å². The maximum atomic E-state index is 11.8. The zero-order valence-corrected chi connectivity index (χ0v) is 3.82. The van der Waals surface area contributed by atoms with Crippen molar-refractivity contribution in [3.8, 4) is 0 Å². The average molecular weight is 89.1 g/mol. The van der Waals surface area contributed by atoms with Crippen LogP contribution < -0.4 is 0 Å². The lowest BCUT2D eigenvalue weighted by Crippen LogP contribution is -2.40. The number of hydrogen-bond donors (Lipinski definition) is 0. The second kappa shape index (κ2) is 1.19. The zero-order chi connectivity index (χ0) is 4.57. The minimum Gasteiger partial charge on any atom is -0.277 e. The molecule has 0 spiro atoms. The van der Waals surface area contributed by atoms with Crippen molar-refractivity contribution in [1.29, 1.82) is 0 Å². The smallest absolute Gasteiger partial charge is 0.154 e. The molecule has 1 rings (SSSR count). The summed E-state index contributed by atoms with van der Waals surface area (Å²) in [4.78, 5) is 1.68. The Bertz CT molecular complexity index is 47.5. The second-order valence-corrected chi connectivity index (χ2v) is 1.70. The molecular weight excluding hydrogens is 81.0 g/mol. The van der Waals surface area contributed by atoms with Gasteiger partial charge in [0, 0.05) is 13.0 Å². The summed E-state index contributed by atoms with van der Waals surface area (Å²) >= 11 is 0. The summed E-state index contributed by atoms with van der Waals surface area (Å²) in [6, 6.07) is 0. The predicted octanol–water partition coefficient (Wildman–Crippen LogP) is 0.618. The summed E-state index contributed by atoms with van der Waals surface area (Å²) in [7, 11) is 1.79. The molecule has 6 heavy (non-hydrogen) atoms. The molecule has 0 aromatic heterocycles. The molecule has 0 aromatic carbocycles. The highest BCUT2D eigenvalue weighted by Gasteiger charge is 2.21. The van der Waals surface area contributed by atoms with Crippen molar-refractivity contribution in [2.45, 2.75) is 12.7 Å². The van der Waals surface area contributed by atoms with Crippen LogP contribution in [0.4, 0.5) is 4.39 Å². The van der Waals surface area contributed by atoms with E-state index in [9.17, 15) is 4.39 Å². The van der Waals surface area contributed by atoms with E-state index in [0.717, 1.165) is 13.0 Å². The molecule has 1 atom stereocenters. The van der Waals surface area contributed by atoms with Crippen LogP contribution in [-0.2, 0) is 0 Å². The fourth-order valence-corrected chi connectivity index (χ4v) is 0.485. The number of halogens is 1. The van der Waals surface area contributed by atoms with Crippen molar-refractivity contribution in [1.82, 2.24) is 4.90 Å². The SMILES string of the molecule is CN1CC[C@@H]1F. The highest BCUT2D eigenvalue weighted by atomic mass is 19.1. The fraction of sp³-hybridized carbons (Fsp3) is 1.00. The summed E-state index contributed by atoms with van der Waals surface area (Å²) in [6.07, 6.45) is 0.0984. The van der Waals surface area contributed by atoms with Crippen LogP contribution >= 0.6 is 0 Å². The maximum Gasteiger partial charge on any atom is 0.154 e. The molecule has 1 aliphatic rings. The molecule has 2 heteroatoms. The average Bonchev–Trinajstić information content (AvgIpc) is 1.61. The fourth-order valence-electron chi connectivity index (χ4n) is 0.485. The quantitative estimate of drug-likeness (QED) is 0.393. The lowest BCUT2D eigenvalue weighted by molar-refractivity contribution is 0.0155. The Kier molecular flexibility index (Phi) is 0.804. The van der Waals surface area contributed by atoms with Crippen LogP contribution in [0.1, 0.15) is 6.42 Å². The van der Waals surface area contributed by atoms with Crippen LogP contribution in [0.5, 0.6) is 0 Å². The minimum absolute atomic E-state index is 0.634. The number of hydrogen-bond acceptors (Lipinski definition) is 1. The lowest BCUT2D eigenvalue weighted by atomic mass is 10.2. The largest absolute Gasteiger partial charge is 0.277 e. The molecule has 0 saturated carbocycles. The first-order chi connectivity index (χ1) is 2.80. The summed E-state index contributed by atoms with van der Waals surface area (Å²) in [5.74, 6) is 0. The van der Waals surface area contributed by atoms with E-state index >= 15 is 0 Å². The summed E-state index contributed by atoms with van der Waals surface area (Å²) in [5.41, 5.74) is 0. The Morgan fingerprint density at radius 2 is 2.33 bits per heavy atom. The highest BCUT2D eigenvalue weighted by Crippen LogP contribution is 2.13. The molecule has 0 bridgehead atoms. The monoisotopic (exact) mass is 89.1 g/mol. The third-order valence-electron chi connectivity index (χ3n) is 1.20. The summed E-state index contributed by atoms with van der Waals surface area (Å²) < 4.78 is 11.8. The first kappa shape index (κ1) is 4.06. The highest BCUT2D eigenvalue weighted by molar-refractivity contribution is 4.68. The molecule has 0 N–H and O–H groups in total. The van der Waals surface area contributed by atoms with Gasteiger partial charge in [-0.25, -0.2) is 4.39 Å². The molecule has 1 nitrogen and oxygen atoms in total. The minimum atomic E-state index is -0.634. The standard InChI is InChI=1S/C4H8FN/c1-6-3-2-4(6)5/h4H,2-3H2,1H3/t4-/m1/s1. The lowest BCUT2D eigenvalue weighted by Gasteiger charge is -2.30. The molecule has 1 fully saturated rings. The van der Waals surface area contributed by atoms with Crippen LogP contribution in [0.25, 0.3) is 0 Å². The van der Waals surface area contributed by atoms with Gasteiger partial charge in [0.1, 0.15) is 0 Å². The number of alkyl halides is 1. The molecule has 0 amide bonds. The van der Waals surface area contributed by atoms with Gasteiger partial charge in [-0.2, -0.15) is 0 Å². The normalized spacial score (nSPS) is 36.0. The van der Waals surface area contributed by atoms with Crippen LogP contribution in [0.15, 0.2) is 0 Å². The first-order valence-corrected chi connectivity index (χ1v) is 2.15. The maximum absolute atomic E-state index is 11.8. The first-order valence-electron chi connectivity index (χ1n) is 2.15. The van der Waals surface area contributed by atoms with Gasteiger partial charge >= 0.3 is 0 Å². The molecule has 1 aliphatic heterocycles. The molecule has 0 aliphatic carbocycles. The summed E-state index contributed by atoms with van der Waals surface area (Å²) in [6.45, 7) is 0.932. The van der Waals surface area contributed by atoms with Gasteiger partial charge in [-0.3, -0.25) is 4.90 Å². The molecule has 0 radical (unpaired) electrons. The van der Waals surface area contributed by atoms with Crippen molar-refractivity contribution in [3.63, 3.8) is 0 Å². The Hall–Kier alpha value is -0.110. The van der Waals surface area contributed by atoms with E-state index in [1.54, 1.807) is 11.9 Å². The van der Waals surface area contributed by atoms with Crippen LogP contribution in [0.3, 0.4) is 0 Å². The number of nitrogens with zero attached hydrogens (tertiary/aromatic N) is 1. The van der Waals surface area contributed by atoms with E-state index in [2.05, 4.69) is 0 Å². The Balaban J connectivity index is 2.20. The van der Waals surface area contributed by atoms with Crippen LogP contribution in [0.2, 0.25) is 0 Å². The number of rotatable bonds is 0. The van der Waals surface area contributed by atoms with Gasteiger partial charge in [0.2, 0.25) is 0 Å². The Morgan fingerprint density at radius 3 is 2.33 bits per heavy atom. The molecular formula is C4H8FN. The van der Waals surface area contributed by atoms with E-state index < -0.39 is 6.30 Å². The third-order valence-corrected chi connectivity index (χ3v) is 1.20. The van der Waals surface area contributed by atoms with Crippen molar-refractivity contribution in [2.75, 3.05) is 13.6 Å². The van der Waals surface area contributed by atoms with Gasteiger partial charge in [-0.05, 0) is 7.05 Å². The van der Waals surface area contributed by atoms with E-state index in [-0.39, 0.29) is 0 Å². The van der Waals surface area contributed by atoms with Gasteiger partial charge in [-0.1, -0.05) is 0 Å². The zero-order valence-electron chi connectivity index (χ0n) is 3.82. The van der Waals surface area contributed by atoms with E-state index in [1.165, 1.54) is 0 Å². The van der Waals surface area contributed by atoms with Crippen molar-refractivity contribution in [2.24, 2.45) is 0 Å². The van der Waals surface area contributed by atoms with E-state index in [4.69, 9.17) is 0 Å². The van der Waals surface area contributed by atoms with Crippen molar-refractivity contribution >= 4 is 0 Å². The molecule has 0 unspecified atom stereocenters. The van der Waals surface area contributed by atoms with Crippen LogP contribution in [-0.4, -0.2) is 24.8 Å². The Labute approximate surface area is 36.8 Å². The predicted molar refractivity (Wildman–Crippen MR) is 22.1 cm³/mol. The molecule has 1 heterocycles. The summed E-state index contributed by atoms with van der Waals surface area (Å²) in [5, 5.41) is 0. The molecule has 1 saturated heterocycles. The van der Waals surface area contributed by atoms with E-state index in [0.29, 0.717) is 0 Å². The number of likely N-dealkylation sites (tertiary alicyclic amines) is 1. The topological polar surface area (TPSA) is 3.24 Å². The molecule has 36 valence electrons.